The van der Waals surface area contributed by atoms with Crippen molar-refractivity contribution in [2.24, 2.45) is 5.92 Å². The fraction of sp³-hybridized carbons (Fsp3) is 0.538. The van der Waals surface area contributed by atoms with Gasteiger partial charge in [-0.05, 0) is 11.4 Å². The molecule has 4 N–H and O–H groups in total. The fourth-order valence-electron chi connectivity index (χ4n) is 2.05. The Hall–Kier alpha value is -1.15. The second kappa shape index (κ2) is 8.99. The van der Waals surface area contributed by atoms with Crippen LogP contribution >= 0.6 is 23.7 Å². The molecule has 21 heavy (non-hydrogen) atoms. The third-order valence-corrected chi connectivity index (χ3v) is 3.97. The van der Waals surface area contributed by atoms with Crippen molar-refractivity contribution in [1.82, 2.24) is 16.0 Å². The van der Waals surface area contributed by atoms with E-state index in [1.807, 2.05) is 5.38 Å². The molecule has 0 aliphatic carbocycles. The number of hydrogen-bond acceptors (Lipinski definition) is 5. The molecule has 2 amide bonds. The average molecular weight is 334 g/mol. The highest BCUT2D eigenvalue weighted by Gasteiger charge is 2.24. The lowest BCUT2D eigenvalue weighted by molar-refractivity contribution is -0.121. The van der Waals surface area contributed by atoms with E-state index in [4.69, 9.17) is 0 Å². The normalized spacial score (nSPS) is 20.6. The number of carbonyl (C=O) groups excluding carboxylic acids is 2. The smallest absolute Gasteiger partial charge is 0.252 e. The van der Waals surface area contributed by atoms with Crippen LogP contribution in [0, 0.1) is 5.92 Å². The van der Waals surface area contributed by atoms with Crippen molar-refractivity contribution in [1.29, 1.82) is 0 Å². The van der Waals surface area contributed by atoms with Crippen LogP contribution in [-0.2, 0) is 4.79 Å². The molecule has 6 nitrogen and oxygen atoms in total. The van der Waals surface area contributed by atoms with E-state index < -0.39 is 6.10 Å². The number of rotatable bonds is 6. The molecule has 8 heteroatoms. The summed E-state index contributed by atoms with van der Waals surface area (Å²) in [4.78, 5) is 23.2. The van der Waals surface area contributed by atoms with E-state index in [1.165, 1.54) is 11.3 Å². The van der Waals surface area contributed by atoms with Gasteiger partial charge in [-0.3, -0.25) is 9.59 Å². The summed E-state index contributed by atoms with van der Waals surface area (Å²) in [6.07, 6.45) is -0.153. The zero-order valence-electron chi connectivity index (χ0n) is 11.5. The highest BCUT2D eigenvalue weighted by molar-refractivity contribution is 7.08. The van der Waals surface area contributed by atoms with Gasteiger partial charge in [0.25, 0.3) is 5.91 Å². The Morgan fingerprint density at radius 3 is 2.81 bits per heavy atom. The van der Waals surface area contributed by atoms with Gasteiger partial charge in [0.1, 0.15) is 0 Å². The predicted octanol–water partition coefficient (Wildman–Crippen LogP) is -0.0137. The Labute approximate surface area is 133 Å². The van der Waals surface area contributed by atoms with E-state index in [0.29, 0.717) is 25.2 Å². The minimum absolute atomic E-state index is 0. The third kappa shape index (κ3) is 5.62. The first-order chi connectivity index (χ1) is 9.66. The second-order valence-electron chi connectivity index (χ2n) is 4.81. The van der Waals surface area contributed by atoms with Gasteiger partial charge < -0.3 is 21.1 Å². The van der Waals surface area contributed by atoms with Crippen LogP contribution in [0.5, 0.6) is 0 Å². The van der Waals surface area contributed by atoms with Gasteiger partial charge in [0.2, 0.25) is 5.91 Å². The first kappa shape index (κ1) is 17.9. The van der Waals surface area contributed by atoms with Gasteiger partial charge in [-0.25, -0.2) is 0 Å². The average Bonchev–Trinajstić information content (AvgIpc) is 3.07. The summed E-state index contributed by atoms with van der Waals surface area (Å²) in [6.45, 7) is 2.07. The Morgan fingerprint density at radius 2 is 2.19 bits per heavy atom. The summed E-state index contributed by atoms with van der Waals surface area (Å²) in [6, 6.07) is 1.74. The monoisotopic (exact) mass is 333 g/mol. The molecule has 2 atom stereocenters. The molecule has 2 unspecified atom stereocenters. The summed E-state index contributed by atoms with van der Waals surface area (Å²) in [5.74, 6) is -0.205. The highest BCUT2D eigenvalue weighted by atomic mass is 35.5. The number of nitrogens with one attached hydrogen (secondary N) is 3. The van der Waals surface area contributed by atoms with E-state index in [9.17, 15) is 14.7 Å². The van der Waals surface area contributed by atoms with Crippen LogP contribution < -0.4 is 16.0 Å². The molecular formula is C13H20ClN3O3S. The standard InChI is InChI=1S/C13H19N3O3S.ClH/c17-11-7-14-5-10(11)6-16-12(18)1-3-15-13(19)9-2-4-20-8-9;/h2,4,8,10-11,14,17H,1,3,5-7H2,(H,15,19)(H,16,18);1H. The topological polar surface area (TPSA) is 90.5 Å². The molecule has 0 saturated carbocycles. The Bertz CT molecular complexity index is 456. The number of hydrogen-bond donors (Lipinski definition) is 4. The van der Waals surface area contributed by atoms with Crippen molar-refractivity contribution in [3.63, 3.8) is 0 Å². The summed E-state index contributed by atoms with van der Waals surface area (Å²) >= 11 is 1.46. The van der Waals surface area contributed by atoms with Gasteiger partial charge in [0.15, 0.2) is 0 Å². The molecule has 0 radical (unpaired) electrons. The van der Waals surface area contributed by atoms with Crippen molar-refractivity contribution < 1.29 is 14.7 Å². The zero-order chi connectivity index (χ0) is 14.4. The lowest BCUT2D eigenvalue weighted by Crippen LogP contribution is -2.36. The Kier molecular flexibility index (Phi) is 7.66. The maximum atomic E-state index is 11.6. The molecule has 1 aliphatic rings. The predicted molar refractivity (Wildman–Crippen MR) is 83.9 cm³/mol. The quantitative estimate of drug-likeness (QED) is 0.589. The molecule has 1 aromatic heterocycles. The second-order valence-corrected chi connectivity index (χ2v) is 5.59. The van der Waals surface area contributed by atoms with Gasteiger partial charge in [-0.1, -0.05) is 0 Å². The van der Waals surface area contributed by atoms with Crippen molar-refractivity contribution in [3.05, 3.63) is 22.4 Å². The van der Waals surface area contributed by atoms with E-state index in [1.54, 1.807) is 11.4 Å². The Balaban J connectivity index is 0.00000220. The number of carbonyl (C=O) groups is 2. The first-order valence-corrected chi connectivity index (χ1v) is 7.57. The largest absolute Gasteiger partial charge is 0.391 e. The SMILES string of the molecule is Cl.O=C(CCNC(=O)c1ccsc1)NCC1CNCC1O. The molecular weight excluding hydrogens is 314 g/mol. The number of aliphatic hydroxyl groups excluding tert-OH is 1. The molecule has 2 heterocycles. The highest BCUT2D eigenvalue weighted by Crippen LogP contribution is 2.07. The molecule has 0 spiro atoms. The van der Waals surface area contributed by atoms with Crippen molar-refractivity contribution >= 4 is 35.6 Å². The number of aliphatic hydroxyl groups is 1. The molecule has 118 valence electrons. The van der Waals surface area contributed by atoms with E-state index in [2.05, 4.69) is 16.0 Å². The van der Waals surface area contributed by atoms with E-state index >= 15 is 0 Å². The minimum atomic E-state index is -0.395. The van der Waals surface area contributed by atoms with Crippen molar-refractivity contribution in [2.45, 2.75) is 12.5 Å². The third-order valence-electron chi connectivity index (χ3n) is 3.29. The molecule has 0 bridgehead atoms. The lowest BCUT2D eigenvalue weighted by atomic mass is 10.1. The van der Waals surface area contributed by atoms with Crippen LogP contribution in [0.3, 0.4) is 0 Å². The summed E-state index contributed by atoms with van der Waals surface area (Å²) in [5.41, 5.74) is 0.621. The molecule has 0 aromatic carbocycles. The van der Waals surface area contributed by atoms with Gasteiger partial charge >= 0.3 is 0 Å². The van der Waals surface area contributed by atoms with Crippen molar-refractivity contribution in [2.75, 3.05) is 26.2 Å². The van der Waals surface area contributed by atoms with E-state index in [0.717, 1.165) is 6.54 Å². The lowest BCUT2D eigenvalue weighted by Gasteiger charge is -2.14. The molecule has 1 fully saturated rings. The van der Waals surface area contributed by atoms with Crippen LogP contribution in [-0.4, -0.2) is 49.2 Å². The molecule has 1 saturated heterocycles. The van der Waals surface area contributed by atoms with Crippen LogP contribution in [0.25, 0.3) is 0 Å². The minimum Gasteiger partial charge on any atom is -0.391 e. The first-order valence-electron chi connectivity index (χ1n) is 6.62. The van der Waals surface area contributed by atoms with Crippen LogP contribution in [0.15, 0.2) is 16.8 Å². The maximum absolute atomic E-state index is 11.6. The molecule has 2 rings (SSSR count). The summed E-state index contributed by atoms with van der Waals surface area (Å²) in [5, 5.41) is 21.7. The molecule has 1 aliphatic heterocycles. The zero-order valence-corrected chi connectivity index (χ0v) is 13.1. The van der Waals surface area contributed by atoms with Crippen LogP contribution in [0.4, 0.5) is 0 Å². The van der Waals surface area contributed by atoms with Crippen LogP contribution in [0.1, 0.15) is 16.8 Å². The van der Waals surface area contributed by atoms with Gasteiger partial charge in [-0.2, -0.15) is 11.3 Å². The number of thiophene rings is 1. The van der Waals surface area contributed by atoms with Crippen LogP contribution in [0.2, 0.25) is 0 Å². The maximum Gasteiger partial charge on any atom is 0.252 e. The summed E-state index contributed by atoms with van der Waals surface area (Å²) < 4.78 is 0. The van der Waals surface area contributed by atoms with Gasteiger partial charge in [0, 0.05) is 49.5 Å². The molecule has 1 aromatic rings. The number of halogens is 1. The van der Waals surface area contributed by atoms with E-state index in [-0.39, 0.29) is 36.6 Å². The Morgan fingerprint density at radius 1 is 1.38 bits per heavy atom. The number of amides is 2. The van der Waals surface area contributed by atoms with Gasteiger partial charge in [-0.15, -0.1) is 12.4 Å². The number of β-amino-alcohol motifs (C(OH)–C–C–N with tert-alkyl or cyclic N) is 1. The van der Waals surface area contributed by atoms with Crippen molar-refractivity contribution in [3.8, 4) is 0 Å². The fourth-order valence-corrected chi connectivity index (χ4v) is 2.68. The van der Waals surface area contributed by atoms with Gasteiger partial charge in [0.05, 0.1) is 6.10 Å². The summed E-state index contributed by atoms with van der Waals surface area (Å²) in [7, 11) is 0.